The molecule has 3 heteroatoms. The number of carbonyl (C=O) groups excluding carboxylic acids is 1. The molecule has 0 fully saturated rings. The Morgan fingerprint density at radius 2 is 1.87 bits per heavy atom. The molecule has 81 valence electrons. The molecule has 1 rings (SSSR count). The van der Waals surface area contributed by atoms with Crippen LogP contribution in [0.2, 0.25) is 10.5 Å². The predicted molar refractivity (Wildman–Crippen MR) is 64.0 cm³/mol. The van der Waals surface area contributed by atoms with E-state index in [-0.39, 0.29) is 0 Å². The van der Waals surface area contributed by atoms with Crippen LogP contribution in [-0.2, 0) is 0 Å². The van der Waals surface area contributed by atoms with Gasteiger partial charge in [0.1, 0.15) is 0 Å². The van der Waals surface area contributed by atoms with Crippen LogP contribution >= 0.6 is 0 Å². The summed E-state index contributed by atoms with van der Waals surface area (Å²) in [6.45, 7) is 4.23. The van der Waals surface area contributed by atoms with Crippen molar-refractivity contribution in [1.82, 2.24) is 0 Å². The molecule has 0 bridgehead atoms. The van der Waals surface area contributed by atoms with Crippen LogP contribution < -0.4 is 4.74 Å². The molecular formula is C12H17GeO2. The molecule has 1 aromatic rings. The van der Waals surface area contributed by atoms with E-state index in [1.165, 1.54) is 0 Å². The van der Waals surface area contributed by atoms with Gasteiger partial charge in [0.15, 0.2) is 0 Å². The molecule has 0 saturated heterocycles. The van der Waals surface area contributed by atoms with E-state index in [1.807, 2.05) is 24.3 Å². The Hall–Kier alpha value is -0.767. The molecule has 0 aliphatic heterocycles. The van der Waals surface area contributed by atoms with Gasteiger partial charge >= 0.3 is 95.5 Å². The van der Waals surface area contributed by atoms with Crippen molar-refractivity contribution in [3.8, 4) is 5.75 Å². The van der Waals surface area contributed by atoms with Gasteiger partial charge in [-0.25, -0.2) is 0 Å². The number of para-hydroxylation sites is 1. The first-order valence-corrected chi connectivity index (χ1v) is 9.28. The maximum atomic E-state index is 12.2. The summed E-state index contributed by atoms with van der Waals surface area (Å²) in [5.74, 6) is 0.717. The summed E-state index contributed by atoms with van der Waals surface area (Å²) in [7, 11) is 1.61. The minimum absolute atomic E-state index is 0.359. The van der Waals surface area contributed by atoms with Crippen LogP contribution in [0.25, 0.3) is 0 Å². The third kappa shape index (κ3) is 2.84. The second-order valence-corrected chi connectivity index (χ2v) is 9.79. The Balaban J connectivity index is 2.99. The fraction of sp³-hybridized carbons (Fsp3) is 0.417. The zero-order chi connectivity index (χ0) is 11.3. The van der Waals surface area contributed by atoms with Crippen LogP contribution in [0.15, 0.2) is 24.3 Å². The van der Waals surface area contributed by atoms with Gasteiger partial charge in [0.25, 0.3) is 0 Å². The van der Waals surface area contributed by atoms with Crippen LogP contribution in [0.3, 0.4) is 0 Å². The summed E-state index contributed by atoms with van der Waals surface area (Å²) in [5.41, 5.74) is 0.777. The molecule has 0 aliphatic carbocycles. The molecule has 0 saturated carbocycles. The van der Waals surface area contributed by atoms with Gasteiger partial charge in [-0.2, -0.15) is 0 Å². The van der Waals surface area contributed by atoms with Crippen LogP contribution in [0.4, 0.5) is 0 Å². The zero-order valence-electron chi connectivity index (χ0n) is 9.54. The van der Waals surface area contributed by atoms with Crippen molar-refractivity contribution >= 4 is 19.0 Å². The van der Waals surface area contributed by atoms with E-state index in [1.54, 1.807) is 7.11 Å². The Morgan fingerprint density at radius 1 is 1.27 bits per heavy atom. The van der Waals surface area contributed by atoms with E-state index < -0.39 is 14.3 Å². The summed E-state index contributed by atoms with van der Waals surface area (Å²) in [6, 6.07) is 7.53. The van der Waals surface area contributed by atoms with E-state index >= 15 is 0 Å². The van der Waals surface area contributed by atoms with Gasteiger partial charge in [-0.15, -0.1) is 0 Å². The Labute approximate surface area is 95.7 Å². The van der Waals surface area contributed by atoms with Crippen LogP contribution in [0, 0.1) is 0 Å². The number of methoxy groups -OCH3 is 1. The zero-order valence-corrected chi connectivity index (χ0v) is 11.6. The number of ether oxygens (including phenoxy) is 1. The number of hydrogen-bond acceptors (Lipinski definition) is 2. The fourth-order valence-corrected chi connectivity index (χ4v) is 5.22. The second kappa shape index (κ2) is 5.96. The van der Waals surface area contributed by atoms with Gasteiger partial charge in [-0.1, -0.05) is 0 Å². The molecule has 15 heavy (non-hydrogen) atoms. The van der Waals surface area contributed by atoms with E-state index in [0.717, 1.165) is 21.8 Å². The van der Waals surface area contributed by atoms with E-state index in [0.29, 0.717) is 4.62 Å². The molecule has 0 aromatic heterocycles. The van der Waals surface area contributed by atoms with Crippen LogP contribution in [0.1, 0.15) is 24.2 Å². The maximum absolute atomic E-state index is 12.2. The van der Waals surface area contributed by atoms with E-state index in [2.05, 4.69) is 13.8 Å². The first kappa shape index (κ1) is 12.3. The van der Waals surface area contributed by atoms with Crippen molar-refractivity contribution in [3.05, 3.63) is 29.8 Å². The van der Waals surface area contributed by atoms with Crippen molar-refractivity contribution in [2.75, 3.05) is 7.11 Å². The standard InChI is InChI=1S/C12H17GeO2/c1-4-13(5-2)12(14)10-8-6-7-9-11(10)15-3/h6-9H,4-5H2,1-3H3. The van der Waals surface area contributed by atoms with Gasteiger partial charge in [-0.05, 0) is 0 Å². The van der Waals surface area contributed by atoms with Crippen molar-refractivity contribution < 1.29 is 9.53 Å². The molecule has 1 radical (unpaired) electrons. The quantitative estimate of drug-likeness (QED) is 0.766. The summed E-state index contributed by atoms with van der Waals surface area (Å²) in [6.07, 6.45) is 0. The molecule has 0 aliphatic rings. The molecule has 0 amide bonds. The Kier molecular flexibility index (Phi) is 4.89. The average Bonchev–Trinajstić information content (AvgIpc) is 2.30. The van der Waals surface area contributed by atoms with Crippen LogP contribution in [-0.4, -0.2) is 26.1 Å². The SMILES string of the molecule is C[CH2][Ge]([CH2]C)[C](=O)c1ccccc1OC. The molecule has 0 unspecified atom stereocenters. The number of carbonyl (C=O) groups is 1. The van der Waals surface area contributed by atoms with Gasteiger partial charge in [0.05, 0.1) is 0 Å². The van der Waals surface area contributed by atoms with Crippen LogP contribution in [0.5, 0.6) is 5.75 Å². The van der Waals surface area contributed by atoms with Crippen molar-refractivity contribution in [3.63, 3.8) is 0 Å². The molecule has 0 spiro atoms. The number of rotatable bonds is 5. The summed E-state index contributed by atoms with van der Waals surface area (Å²) in [4.78, 5) is 12.2. The van der Waals surface area contributed by atoms with Gasteiger partial charge in [-0.3, -0.25) is 0 Å². The topological polar surface area (TPSA) is 26.3 Å². The van der Waals surface area contributed by atoms with Gasteiger partial charge in [0.2, 0.25) is 0 Å². The summed E-state index contributed by atoms with van der Waals surface area (Å²) < 4.78 is 5.57. The molecule has 1 aromatic carbocycles. The van der Waals surface area contributed by atoms with Crippen molar-refractivity contribution in [2.24, 2.45) is 0 Å². The van der Waals surface area contributed by atoms with Crippen molar-refractivity contribution in [2.45, 2.75) is 24.4 Å². The normalized spacial score (nSPS) is 10.4. The summed E-state index contributed by atoms with van der Waals surface area (Å²) in [5, 5.41) is 2.10. The van der Waals surface area contributed by atoms with Gasteiger partial charge < -0.3 is 0 Å². The monoisotopic (exact) mass is 267 g/mol. The third-order valence-electron chi connectivity index (χ3n) is 2.53. The van der Waals surface area contributed by atoms with Gasteiger partial charge in [0, 0.05) is 0 Å². The molecule has 0 N–H and O–H groups in total. The first-order valence-electron chi connectivity index (χ1n) is 5.27. The number of benzene rings is 1. The minimum atomic E-state index is -1.55. The van der Waals surface area contributed by atoms with E-state index in [9.17, 15) is 4.79 Å². The predicted octanol–water partition coefficient (Wildman–Crippen LogP) is 2.95. The van der Waals surface area contributed by atoms with E-state index in [4.69, 9.17) is 4.74 Å². The molecular weight excluding hydrogens is 249 g/mol. The Bertz CT molecular complexity index is 332. The second-order valence-electron chi connectivity index (χ2n) is 3.34. The summed E-state index contributed by atoms with van der Waals surface area (Å²) >= 11 is -1.55. The fourth-order valence-electron chi connectivity index (χ4n) is 1.59. The third-order valence-corrected chi connectivity index (χ3v) is 8.02. The Morgan fingerprint density at radius 3 is 2.40 bits per heavy atom. The molecule has 2 nitrogen and oxygen atoms in total. The number of hydrogen-bond donors (Lipinski definition) is 0. The van der Waals surface area contributed by atoms with Crippen molar-refractivity contribution in [1.29, 1.82) is 0 Å². The average molecular weight is 266 g/mol. The molecule has 0 atom stereocenters. The first-order chi connectivity index (χ1) is 7.24. The molecule has 0 heterocycles.